The molecule has 1 heterocycles. The van der Waals surface area contributed by atoms with Gasteiger partial charge in [0.1, 0.15) is 12.4 Å². The number of benzene rings is 1. The standard InChI is InChI=1S/C12H12O5/c1-15-10-4-7-3-8(6-13)17-12(14)9(7)5-11(10)16-2/h3-5,13H,6H2,1-2H3. The Kier molecular flexibility index (Phi) is 3.01. The number of aliphatic hydroxyl groups excluding tert-OH is 1. The molecule has 0 fully saturated rings. The highest BCUT2D eigenvalue weighted by atomic mass is 16.5. The first-order valence-corrected chi connectivity index (χ1v) is 4.99. The first kappa shape index (κ1) is 11.5. The zero-order chi connectivity index (χ0) is 12.4. The Balaban J connectivity index is 2.78. The first-order valence-electron chi connectivity index (χ1n) is 4.99. The molecule has 5 heteroatoms. The number of hydrogen-bond donors (Lipinski definition) is 1. The average molecular weight is 236 g/mol. The van der Waals surface area contributed by atoms with Gasteiger partial charge in [0.05, 0.1) is 19.6 Å². The molecule has 0 aliphatic heterocycles. The summed E-state index contributed by atoms with van der Waals surface area (Å²) in [5, 5.41) is 9.99. The maximum atomic E-state index is 11.7. The first-order chi connectivity index (χ1) is 8.19. The normalized spacial score (nSPS) is 10.5. The van der Waals surface area contributed by atoms with Crippen LogP contribution in [0.5, 0.6) is 11.5 Å². The summed E-state index contributed by atoms with van der Waals surface area (Å²) in [6, 6.07) is 4.82. The van der Waals surface area contributed by atoms with Crippen molar-refractivity contribution in [2.45, 2.75) is 6.61 Å². The molecule has 5 nitrogen and oxygen atoms in total. The Morgan fingerprint density at radius 3 is 2.41 bits per heavy atom. The second kappa shape index (κ2) is 4.47. The molecule has 0 atom stereocenters. The van der Waals surface area contributed by atoms with Crippen LogP contribution in [0.2, 0.25) is 0 Å². The van der Waals surface area contributed by atoms with Crippen molar-refractivity contribution in [3.8, 4) is 11.5 Å². The predicted octanol–water partition coefficient (Wildman–Crippen LogP) is 1.30. The average Bonchev–Trinajstić information content (AvgIpc) is 2.36. The molecule has 0 radical (unpaired) electrons. The molecule has 2 rings (SSSR count). The number of rotatable bonds is 3. The van der Waals surface area contributed by atoms with Crippen LogP contribution in [0, 0.1) is 0 Å². The van der Waals surface area contributed by atoms with E-state index in [0.717, 1.165) is 0 Å². The summed E-state index contributed by atoms with van der Waals surface area (Å²) in [5.41, 5.74) is -0.507. The van der Waals surface area contributed by atoms with E-state index in [1.807, 2.05) is 0 Å². The maximum absolute atomic E-state index is 11.7. The van der Waals surface area contributed by atoms with Crippen molar-refractivity contribution in [1.82, 2.24) is 0 Å². The molecular weight excluding hydrogens is 224 g/mol. The zero-order valence-corrected chi connectivity index (χ0v) is 9.52. The Hall–Kier alpha value is -2.01. The monoisotopic (exact) mass is 236 g/mol. The topological polar surface area (TPSA) is 68.9 Å². The third-order valence-corrected chi connectivity index (χ3v) is 2.47. The van der Waals surface area contributed by atoms with Crippen molar-refractivity contribution < 1.29 is 19.0 Å². The molecule has 0 bridgehead atoms. The minimum Gasteiger partial charge on any atom is -0.493 e. The summed E-state index contributed by atoms with van der Waals surface area (Å²) >= 11 is 0. The lowest BCUT2D eigenvalue weighted by Gasteiger charge is -2.08. The summed E-state index contributed by atoms with van der Waals surface area (Å²) in [6.07, 6.45) is 0. The van der Waals surface area contributed by atoms with E-state index in [4.69, 9.17) is 19.0 Å². The fraction of sp³-hybridized carbons (Fsp3) is 0.250. The quantitative estimate of drug-likeness (QED) is 0.869. The van der Waals surface area contributed by atoms with Gasteiger partial charge in [-0.15, -0.1) is 0 Å². The van der Waals surface area contributed by atoms with Gasteiger partial charge in [-0.3, -0.25) is 0 Å². The molecule has 0 aliphatic carbocycles. The molecule has 0 amide bonds. The van der Waals surface area contributed by atoms with E-state index in [9.17, 15) is 4.79 Å². The van der Waals surface area contributed by atoms with Crippen LogP contribution < -0.4 is 15.1 Å². The highest BCUT2D eigenvalue weighted by molar-refractivity contribution is 5.85. The van der Waals surface area contributed by atoms with Gasteiger partial charge in [0.2, 0.25) is 0 Å². The minimum atomic E-state index is -0.507. The second-order valence-corrected chi connectivity index (χ2v) is 3.45. The van der Waals surface area contributed by atoms with Gasteiger partial charge in [-0.25, -0.2) is 4.79 Å². The van der Waals surface area contributed by atoms with Gasteiger partial charge in [0.15, 0.2) is 11.5 Å². The second-order valence-electron chi connectivity index (χ2n) is 3.45. The summed E-state index contributed by atoms with van der Waals surface area (Å²) in [7, 11) is 3.01. The van der Waals surface area contributed by atoms with Crippen LogP contribution in [0.3, 0.4) is 0 Å². The fourth-order valence-electron chi connectivity index (χ4n) is 1.65. The largest absolute Gasteiger partial charge is 0.493 e. The number of methoxy groups -OCH3 is 2. The van der Waals surface area contributed by atoms with Gasteiger partial charge in [-0.2, -0.15) is 0 Å². The Bertz CT molecular complexity index is 600. The molecule has 1 aromatic carbocycles. The lowest BCUT2D eigenvalue weighted by molar-refractivity contribution is 0.241. The molecule has 0 saturated heterocycles. The van der Waals surface area contributed by atoms with Crippen LogP contribution in [0.1, 0.15) is 5.76 Å². The van der Waals surface area contributed by atoms with E-state index in [2.05, 4.69) is 0 Å². The van der Waals surface area contributed by atoms with E-state index in [-0.39, 0.29) is 12.4 Å². The third-order valence-electron chi connectivity index (χ3n) is 2.47. The molecule has 0 aliphatic rings. The molecule has 0 spiro atoms. The van der Waals surface area contributed by atoms with E-state index in [1.54, 1.807) is 18.2 Å². The summed E-state index contributed by atoms with van der Waals surface area (Å²) in [6.45, 7) is -0.320. The van der Waals surface area contributed by atoms with E-state index >= 15 is 0 Å². The van der Waals surface area contributed by atoms with Crippen LogP contribution in [-0.4, -0.2) is 19.3 Å². The fourth-order valence-corrected chi connectivity index (χ4v) is 1.65. The maximum Gasteiger partial charge on any atom is 0.344 e. The van der Waals surface area contributed by atoms with Crippen LogP contribution in [-0.2, 0) is 6.61 Å². The van der Waals surface area contributed by atoms with Crippen molar-refractivity contribution in [3.05, 3.63) is 34.4 Å². The van der Waals surface area contributed by atoms with Crippen molar-refractivity contribution in [2.75, 3.05) is 14.2 Å². The van der Waals surface area contributed by atoms with Gasteiger partial charge in [0, 0.05) is 0 Å². The van der Waals surface area contributed by atoms with Gasteiger partial charge < -0.3 is 19.0 Å². The number of ether oxygens (including phenoxy) is 2. The lowest BCUT2D eigenvalue weighted by Crippen LogP contribution is -2.03. The molecular formula is C12H12O5. The van der Waals surface area contributed by atoms with E-state index in [0.29, 0.717) is 22.3 Å². The molecule has 2 aromatic rings. The SMILES string of the molecule is COc1cc2cc(CO)oc(=O)c2cc1OC. The van der Waals surface area contributed by atoms with Gasteiger partial charge in [-0.05, 0) is 23.6 Å². The van der Waals surface area contributed by atoms with Crippen LogP contribution in [0.15, 0.2) is 27.4 Å². The summed E-state index contributed by atoms with van der Waals surface area (Å²) in [5.74, 6) is 1.20. The highest BCUT2D eigenvalue weighted by Crippen LogP contribution is 2.31. The van der Waals surface area contributed by atoms with Crippen molar-refractivity contribution >= 4 is 10.8 Å². The van der Waals surface area contributed by atoms with Gasteiger partial charge in [0.25, 0.3) is 0 Å². The number of fused-ring (bicyclic) bond motifs is 1. The van der Waals surface area contributed by atoms with E-state index < -0.39 is 5.63 Å². The van der Waals surface area contributed by atoms with Gasteiger partial charge >= 0.3 is 5.63 Å². The Labute approximate surface area is 97.2 Å². The molecule has 0 unspecified atom stereocenters. The Morgan fingerprint density at radius 1 is 1.18 bits per heavy atom. The number of hydrogen-bond acceptors (Lipinski definition) is 5. The molecule has 17 heavy (non-hydrogen) atoms. The van der Waals surface area contributed by atoms with Crippen LogP contribution in [0.25, 0.3) is 10.8 Å². The van der Waals surface area contributed by atoms with Crippen LogP contribution in [0.4, 0.5) is 0 Å². The van der Waals surface area contributed by atoms with Crippen molar-refractivity contribution in [3.63, 3.8) is 0 Å². The lowest BCUT2D eigenvalue weighted by atomic mass is 10.1. The van der Waals surface area contributed by atoms with Crippen molar-refractivity contribution in [1.29, 1.82) is 0 Å². The minimum absolute atomic E-state index is 0.217. The highest BCUT2D eigenvalue weighted by Gasteiger charge is 2.10. The number of aliphatic hydroxyl groups is 1. The summed E-state index contributed by atoms with van der Waals surface area (Å²) < 4.78 is 15.1. The van der Waals surface area contributed by atoms with Crippen LogP contribution >= 0.6 is 0 Å². The Morgan fingerprint density at radius 2 is 1.82 bits per heavy atom. The van der Waals surface area contributed by atoms with Crippen molar-refractivity contribution in [2.24, 2.45) is 0 Å². The third kappa shape index (κ3) is 1.97. The molecule has 90 valence electrons. The zero-order valence-electron chi connectivity index (χ0n) is 9.52. The molecule has 1 N–H and O–H groups in total. The molecule has 0 saturated carbocycles. The molecule has 1 aromatic heterocycles. The predicted molar refractivity (Wildman–Crippen MR) is 61.5 cm³/mol. The van der Waals surface area contributed by atoms with E-state index in [1.165, 1.54) is 14.2 Å². The smallest absolute Gasteiger partial charge is 0.344 e. The summed E-state index contributed by atoms with van der Waals surface area (Å²) in [4.78, 5) is 11.7. The van der Waals surface area contributed by atoms with Gasteiger partial charge in [-0.1, -0.05) is 0 Å².